The summed E-state index contributed by atoms with van der Waals surface area (Å²) < 4.78 is 0. The molecule has 0 aliphatic heterocycles. The first-order chi connectivity index (χ1) is 6.91. The number of aliphatic hydroxyl groups is 1. The van der Waals surface area contributed by atoms with E-state index in [0.29, 0.717) is 6.54 Å². The van der Waals surface area contributed by atoms with Gasteiger partial charge in [-0.05, 0) is 26.0 Å². The lowest BCUT2D eigenvalue weighted by atomic mass is 10.1. The summed E-state index contributed by atoms with van der Waals surface area (Å²) in [5.74, 6) is -0.256. The molecule has 0 unspecified atom stereocenters. The van der Waals surface area contributed by atoms with Gasteiger partial charge in [0.25, 0.3) is 5.91 Å². The second kappa shape index (κ2) is 4.49. The molecule has 0 radical (unpaired) electrons. The highest BCUT2D eigenvalue weighted by Crippen LogP contribution is 2.06. The lowest BCUT2D eigenvalue weighted by Gasteiger charge is -2.24. The summed E-state index contributed by atoms with van der Waals surface area (Å²) in [6, 6.07) is 3.90. The van der Waals surface area contributed by atoms with E-state index in [1.165, 1.54) is 13.8 Å². The lowest BCUT2D eigenvalue weighted by molar-refractivity contribution is -0.146. The van der Waals surface area contributed by atoms with E-state index in [4.69, 9.17) is 0 Å². The summed E-state index contributed by atoms with van der Waals surface area (Å²) in [5, 5.41) is 9.51. The molecule has 0 saturated heterocycles. The molecule has 0 bridgehead atoms. The van der Waals surface area contributed by atoms with E-state index >= 15 is 0 Å². The molecule has 0 atom stereocenters. The first kappa shape index (κ1) is 11.8. The molecule has 2 N–H and O–H groups in total. The molecular weight excluding hydrogens is 192 g/mol. The zero-order valence-corrected chi connectivity index (χ0v) is 9.45. The van der Waals surface area contributed by atoms with Gasteiger partial charge in [-0.15, -0.1) is 0 Å². The van der Waals surface area contributed by atoms with Crippen molar-refractivity contribution < 1.29 is 9.90 Å². The van der Waals surface area contributed by atoms with Crippen LogP contribution < -0.4 is 0 Å². The maximum absolute atomic E-state index is 11.6. The highest BCUT2D eigenvalue weighted by atomic mass is 16.3. The quantitative estimate of drug-likeness (QED) is 0.771. The Kier molecular flexibility index (Phi) is 3.52. The fraction of sp³-hybridized carbons (Fsp3) is 0.545. The second-order valence-corrected chi connectivity index (χ2v) is 4.23. The zero-order chi connectivity index (χ0) is 11.5. The SMILES string of the molecule is CN(CCc1ccc[nH]1)C(=O)C(C)(C)O. The van der Waals surface area contributed by atoms with Crippen molar-refractivity contribution in [3.05, 3.63) is 24.0 Å². The standard InChI is InChI=1S/C11H18N2O2/c1-11(2,15)10(14)13(3)8-6-9-5-4-7-12-9/h4-5,7,12,15H,6,8H2,1-3H3. The average molecular weight is 210 g/mol. The van der Waals surface area contributed by atoms with E-state index in [0.717, 1.165) is 12.1 Å². The van der Waals surface area contributed by atoms with Crippen LogP contribution in [-0.4, -0.2) is 40.1 Å². The van der Waals surface area contributed by atoms with Crippen LogP contribution in [0.3, 0.4) is 0 Å². The number of aromatic nitrogens is 1. The fourth-order valence-corrected chi connectivity index (χ4v) is 1.38. The number of hydrogen-bond donors (Lipinski definition) is 2. The van der Waals surface area contributed by atoms with Crippen molar-refractivity contribution in [2.24, 2.45) is 0 Å². The number of likely N-dealkylation sites (N-methyl/N-ethyl adjacent to an activating group) is 1. The van der Waals surface area contributed by atoms with E-state index in [-0.39, 0.29) is 5.91 Å². The van der Waals surface area contributed by atoms with Crippen LogP contribution in [0.2, 0.25) is 0 Å². The monoisotopic (exact) mass is 210 g/mol. The molecule has 0 fully saturated rings. The van der Waals surface area contributed by atoms with Crippen molar-refractivity contribution in [2.45, 2.75) is 25.9 Å². The van der Waals surface area contributed by atoms with Crippen molar-refractivity contribution in [1.82, 2.24) is 9.88 Å². The van der Waals surface area contributed by atoms with Crippen LogP contribution in [0, 0.1) is 0 Å². The fourth-order valence-electron chi connectivity index (χ4n) is 1.38. The molecule has 1 aromatic rings. The van der Waals surface area contributed by atoms with E-state index in [1.807, 2.05) is 18.3 Å². The number of nitrogens with zero attached hydrogens (tertiary/aromatic N) is 1. The Bertz CT molecular complexity index is 312. The molecule has 0 saturated carbocycles. The number of carbonyl (C=O) groups excluding carboxylic acids is 1. The summed E-state index contributed by atoms with van der Waals surface area (Å²) in [4.78, 5) is 16.2. The minimum Gasteiger partial charge on any atom is -0.381 e. The topological polar surface area (TPSA) is 56.3 Å². The van der Waals surface area contributed by atoms with Crippen LogP contribution in [0.1, 0.15) is 19.5 Å². The van der Waals surface area contributed by atoms with Crippen molar-refractivity contribution in [3.63, 3.8) is 0 Å². The second-order valence-electron chi connectivity index (χ2n) is 4.23. The maximum atomic E-state index is 11.6. The minimum absolute atomic E-state index is 0.256. The smallest absolute Gasteiger partial charge is 0.253 e. The van der Waals surface area contributed by atoms with Gasteiger partial charge in [0, 0.05) is 31.9 Å². The molecular formula is C11H18N2O2. The summed E-state index contributed by atoms with van der Waals surface area (Å²) in [7, 11) is 1.70. The van der Waals surface area contributed by atoms with Crippen molar-refractivity contribution in [1.29, 1.82) is 0 Å². The molecule has 0 aromatic carbocycles. The normalized spacial score (nSPS) is 11.5. The molecule has 1 amide bonds. The number of hydrogen-bond acceptors (Lipinski definition) is 2. The van der Waals surface area contributed by atoms with Crippen molar-refractivity contribution in [3.8, 4) is 0 Å². The van der Waals surface area contributed by atoms with Crippen LogP contribution in [0.4, 0.5) is 0 Å². The molecule has 1 heterocycles. The van der Waals surface area contributed by atoms with Gasteiger partial charge in [-0.3, -0.25) is 4.79 Å². The molecule has 15 heavy (non-hydrogen) atoms. The van der Waals surface area contributed by atoms with Gasteiger partial charge in [-0.25, -0.2) is 0 Å². The van der Waals surface area contributed by atoms with Gasteiger partial charge in [0.15, 0.2) is 0 Å². The Morgan fingerprint density at radius 2 is 2.27 bits per heavy atom. The van der Waals surface area contributed by atoms with Crippen molar-refractivity contribution >= 4 is 5.91 Å². The number of carbonyl (C=O) groups is 1. The van der Waals surface area contributed by atoms with Crippen LogP contribution in [-0.2, 0) is 11.2 Å². The number of rotatable bonds is 4. The Labute approximate surface area is 89.9 Å². The van der Waals surface area contributed by atoms with Crippen molar-refractivity contribution in [2.75, 3.05) is 13.6 Å². The Morgan fingerprint density at radius 3 is 2.73 bits per heavy atom. The molecule has 4 nitrogen and oxygen atoms in total. The van der Waals surface area contributed by atoms with Gasteiger partial charge in [-0.1, -0.05) is 0 Å². The van der Waals surface area contributed by atoms with Crippen LogP contribution >= 0.6 is 0 Å². The van der Waals surface area contributed by atoms with Gasteiger partial charge >= 0.3 is 0 Å². The number of nitrogens with one attached hydrogen (secondary N) is 1. The highest BCUT2D eigenvalue weighted by Gasteiger charge is 2.26. The van der Waals surface area contributed by atoms with Gasteiger partial charge in [0.05, 0.1) is 0 Å². The molecule has 0 spiro atoms. The van der Waals surface area contributed by atoms with E-state index < -0.39 is 5.60 Å². The molecule has 0 aliphatic rings. The molecule has 0 aliphatic carbocycles. The molecule has 1 rings (SSSR count). The first-order valence-electron chi connectivity index (χ1n) is 5.01. The maximum Gasteiger partial charge on any atom is 0.253 e. The largest absolute Gasteiger partial charge is 0.381 e. The summed E-state index contributed by atoms with van der Waals surface area (Å²) in [5.41, 5.74) is -0.199. The van der Waals surface area contributed by atoms with Gasteiger partial charge in [0.1, 0.15) is 5.60 Å². The van der Waals surface area contributed by atoms with Crippen LogP contribution in [0.25, 0.3) is 0 Å². The Hall–Kier alpha value is -1.29. The number of aromatic amines is 1. The van der Waals surface area contributed by atoms with Crippen LogP contribution in [0.5, 0.6) is 0 Å². The predicted molar refractivity (Wildman–Crippen MR) is 58.4 cm³/mol. The third-order valence-electron chi connectivity index (χ3n) is 2.25. The third kappa shape index (κ3) is 3.40. The average Bonchev–Trinajstić information content (AvgIpc) is 2.63. The van der Waals surface area contributed by atoms with Gasteiger partial charge in [0.2, 0.25) is 0 Å². The Balaban J connectivity index is 2.43. The molecule has 4 heteroatoms. The zero-order valence-electron chi connectivity index (χ0n) is 9.45. The molecule has 84 valence electrons. The highest BCUT2D eigenvalue weighted by molar-refractivity contribution is 5.83. The van der Waals surface area contributed by atoms with Gasteiger partial charge in [-0.2, -0.15) is 0 Å². The van der Waals surface area contributed by atoms with Gasteiger partial charge < -0.3 is 15.0 Å². The number of H-pyrrole nitrogens is 1. The van der Waals surface area contributed by atoms with E-state index in [2.05, 4.69) is 4.98 Å². The summed E-state index contributed by atoms with van der Waals surface area (Å²) >= 11 is 0. The van der Waals surface area contributed by atoms with E-state index in [1.54, 1.807) is 11.9 Å². The first-order valence-corrected chi connectivity index (χ1v) is 5.01. The Morgan fingerprint density at radius 1 is 1.60 bits per heavy atom. The predicted octanol–water partition coefficient (Wildman–Crippen LogP) is 0.786. The van der Waals surface area contributed by atoms with E-state index in [9.17, 15) is 9.90 Å². The summed E-state index contributed by atoms with van der Waals surface area (Å²) in [6.07, 6.45) is 2.62. The molecule has 1 aromatic heterocycles. The summed E-state index contributed by atoms with van der Waals surface area (Å²) in [6.45, 7) is 3.60. The third-order valence-corrected chi connectivity index (χ3v) is 2.25. The minimum atomic E-state index is -1.29. The number of amides is 1. The van der Waals surface area contributed by atoms with Crippen LogP contribution in [0.15, 0.2) is 18.3 Å². The lowest BCUT2D eigenvalue weighted by Crippen LogP contribution is -2.43.